The summed E-state index contributed by atoms with van der Waals surface area (Å²) < 4.78 is 1.28. The van der Waals surface area contributed by atoms with Gasteiger partial charge in [0, 0.05) is 13.5 Å². The number of benzene rings is 1. The number of nitrogens with one attached hydrogen (secondary N) is 2. The molecule has 0 radical (unpaired) electrons. The average molecular weight is 314 g/mol. The van der Waals surface area contributed by atoms with Crippen LogP contribution >= 0.6 is 0 Å². The monoisotopic (exact) mass is 314 g/mol. The zero-order valence-corrected chi connectivity index (χ0v) is 13.5. The minimum Gasteiger partial charge on any atom is -0.382 e. The van der Waals surface area contributed by atoms with Crippen LogP contribution in [0.15, 0.2) is 41.3 Å². The van der Waals surface area contributed by atoms with Gasteiger partial charge in [-0.05, 0) is 18.6 Å². The van der Waals surface area contributed by atoms with Crippen LogP contribution in [0.25, 0.3) is 5.69 Å². The zero-order valence-electron chi connectivity index (χ0n) is 13.5. The number of hydrogen-bond donors (Lipinski definition) is 2. The van der Waals surface area contributed by atoms with Crippen LogP contribution in [0.3, 0.4) is 0 Å². The van der Waals surface area contributed by atoms with Crippen LogP contribution in [-0.2, 0) is 4.79 Å². The van der Waals surface area contributed by atoms with Gasteiger partial charge in [0.05, 0.1) is 17.6 Å². The standard InChI is InChI=1S/C17H22N4O2/c1-3-4-8-11-18-15-12-19-21(14-9-6-5-7-10-14)17(23)16(15)20-13(2)22/h5-7,9-10,12,18H,3-4,8,11H2,1-2H3,(H,20,22). The fourth-order valence-corrected chi connectivity index (χ4v) is 2.24. The van der Waals surface area contributed by atoms with Crippen LogP contribution in [0.5, 0.6) is 0 Å². The van der Waals surface area contributed by atoms with E-state index >= 15 is 0 Å². The molecule has 2 N–H and O–H groups in total. The highest BCUT2D eigenvalue weighted by molar-refractivity contribution is 5.92. The number of aromatic nitrogens is 2. The minimum absolute atomic E-state index is 0.229. The van der Waals surface area contributed by atoms with E-state index in [0.717, 1.165) is 25.8 Å². The third-order valence-electron chi connectivity index (χ3n) is 3.38. The van der Waals surface area contributed by atoms with Gasteiger partial charge < -0.3 is 10.6 Å². The van der Waals surface area contributed by atoms with Crippen molar-refractivity contribution >= 4 is 17.3 Å². The molecule has 2 aromatic rings. The number of carbonyl (C=O) groups excluding carboxylic acids is 1. The highest BCUT2D eigenvalue weighted by atomic mass is 16.2. The van der Waals surface area contributed by atoms with Crippen molar-refractivity contribution in [2.45, 2.75) is 33.1 Å². The van der Waals surface area contributed by atoms with E-state index in [4.69, 9.17) is 0 Å². The molecule has 0 unspecified atom stereocenters. The first-order chi connectivity index (χ1) is 11.1. The van der Waals surface area contributed by atoms with Crippen molar-refractivity contribution in [3.63, 3.8) is 0 Å². The topological polar surface area (TPSA) is 76.0 Å². The van der Waals surface area contributed by atoms with Crippen LogP contribution in [-0.4, -0.2) is 22.2 Å². The molecule has 0 aliphatic rings. The maximum Gasteiger partial charge on any atom is 0.297 e. The molecule has 2 rings (SSSR count). The molecule has 0 atom stereocenters. The molecule has 0 saturated carbocycles. The molecule has 6 nitrogen and oxygen atoms in total. The molecule has 0 saturated heterocycles. The fraction of sp³-hybridized carbons (Fsp3) is 0.353. The number of hydrogen-bond acceptors (Lipinski definition) is 4. The van der Waals surface area contributed by atoms with Gasteiger partial charge in [-0.25, -0.2) is 0 Å². The van der Waals surface area contributed by atoms with Crippen molar-refractivity contribution in [2.75, 3.05) is 17.2 Å². The number of para-hydroxylation sites is 1. The molecule has 122 valence electrons. The van der Waals surface area contributed by atoms with Crippen LogP contribution in [0.1, 0.15) is 33.1 Å². The Hall–Kier alpha value is -2.63. The normalized spacial score (nSPS) is 10.3. The van der Waals surface area contributed by atoms with E-state index in [1.165, 1.54) is 11.6 Å². The molecule has 0 fully saturated rings. The minimum atomic E-state index is -0.355. The maximum absolute atomic E-state index is 12.7. The summed E-state index contributed by atoms with van der Waals surface area (Å²) in [6.45, 7) is 4.25. The van der Waals surface area contributed by atoms with Gasteiger partial charge >= 0.3 is 0 Å². The molecule has 23 heavy (non-hydrogen) atoms. The number of unbranched alkanes of at least 4 members (excludes halogenated alkanes) is 2. The summed E-state index contributed by atoms with van der Waals surface area (Å²) >= 11 is 0. The van der Waals surface area contributed by atoms with E-state index in [1.807, 2.05) is 18.2 Å². The first-order valence-corrected chi connectivity index (χ1v) is 7.82. The Morgan fingerprint density at radius 2 is 1.96 bits per heavy atom. The van der Waals surface area contributed by atoms with Crippen molar-refractivity contribution in [2.24, 2.45) is 0 Å². The lowest BCUT2D eigenvalue weighted by molar-refractivity contribution is -0.114. The van der Waals surface area contributed by atoms with E-state index in [9.17, 15) is 9.59 Å². The average Bonchev–Trinajstić information content (AvgIpc) is 2.55. The van der Waals surface area contributed by atoms with E-state index in [2.05, 4.69) is 22.7 Å². The van der Waals surface area contributed by atoms with Gasteiger partial charge in [-0.15, -0.1) is 0 Å². The summed E-state index contributed by atoms with van der Waals surface area (Å²) in [4.78, 5) is 24.1. The van der Waals surface area contributed by atoms with Crippen molar-refractivity contribution < 1.29 is 4.79 Å². The molecule has 1 amide bonds. The van der Waals surface area contributed by atoms with Crippen LogP contribution in [0.2, 0.25) is 0 Å². The molecule has 0 bridgehead atoms. The third kappa shape index (κ3) is 4.42. The lowest BCUT2D eigenvalue weighted by Crippen LogP contribution is -2.27. The van der Waals surface area contributed by atoms with Gasteiger partial charge in [0.15, 0.2) is 0 Å². The van der Waals surface area contributed by atoms with Crippen LogP contribution in [0, 0.1) is 0 Å². The van der Waals surface area contributed by atoms with Gasteiger partial charge in [-0.1, -0.05) is 38.0 Å². The second-order valence-electron chi connectivity index (χ2n) is 5.30. The molecule has 1 aromatic heterocycles. The number of rotatable bonds is 7. The highest BCUT2D eigenvalue weighted by Crippen LogP contribution is 2.17. The molecular formula is C17H22N4O2. The molecule has 1 heterocycles. The van der Waals surface area contributed by atoms with Gasteiger partial charge in [-0.3, -0.25) is 9.59 Å². The molecule has 0 aliphatic heterocycles. The largest absolute Gasteiger partial charge is 0.382 e. The van der Waals surface area contributed by atoms with Crippen molar-refractivity contribution in [3.05, 3.63) is 46.9 Å². The van der Waals surface area contributed by atoms with E-state index in [0.29, 0.717) is 11.4 Å². The summed E-state index contributed by atoms with van der Waals surface area (Å²) in [5.74, 6) is -0.287. The Morgan fingerprint density at radius 3 is 2.61 bits per heavy atom. The van der Waals surface area contributed by atoms with Crippen LogP contribution < -0.4 is 16.2 Å². The third-order valence-corrected chi connectivity index (χ3v) is 3.38. The summed E-state index contributed by atoms with van der Waals surface area (Å²) in [6.07, 6.45) is 4.80. The smallest absolute Gasteiger partial charge is 0.297 e. The Morgan fingerprint density at radius 1 is 1.22 bits per heavy atom. The first kappa shape index (κ1) is 16.7. The zero-order chi connectivity index (χ0) is 16.7. The van der Waals surface area contributed by atoms with E-state index in [1.54, 1.807) is 18.3 Å². The summed E-state index contributed by atoms with van der Waals surface area (Å²) in [5, 5.41) is 10.0. The summed E-state index contributed by atoms with van der Waals surface area (Å²) in [5.41, 5.74) is 1.08. The quantitative estimate of drug-likeness (QED) is 0.771. The van der Waals surface area contributed by atoms with Gasteiger partial charge in [0.25, 0.3) is 5.56 Å². The molecule has 6 heteroatoms. The van der Waals surface area contributed by atoms with Crippen molar-refractivity contribution in [1.82, 2.24) is 9.78 Å². The number of nitrogens with zero attached hydrogens (tertiary/aromatic N) is 2. The van der Waals surface area contributed by atoms with Crippen molar-refractivity contribution in [3.8, 4) is 5.69 Å². The number of anilines is 2. The van der Waals surface area contributed by atoms with Gasteiger partial charge in [-0.2, -0.15) is 9.78 Å². The predicted molar refractivity (Wildman–Crippen MR) is 92.2 cm³/mol. The molecule has 0 aliphatic carbocycles. The maximum atomic E-state index is 12.7. The Balaban J connectivity index is 2.35. The molecular weight excluding hydrogens is 292 g/mol. The first-order valence-electron chi connectivity index (χ1n) is 7.82. The second-order valence-corrected chi connectivity index (χ2v) is 5.30. The lowest BCUT2D eigenvalue weighted by atomic mass is 10.2. The Kier molecular flexibility index (Phi) is 5.91. The second kappa shape index (κ2) is 8.12. The molecule has 1 aromatic carbocycles. The van der Waals surface area contributed by atoms with Gasteiger partial charge in [0.2, 0.25) is 5.91 Å². The predicted octanol–water partition coefficient (Wildman–Crippen LogP) is 2.79. The Bertz CT molecular complexity index is 710. The summed E-state index contributed by atoms with van der Waals surface area (Å²) in [6, 6.07) is 9.12. The lowest BCUT2D eigenvalue weighted by Gasteiger charge is -2.13. The highest BCUT2D eigenvalue weighted by Gasteiger charge is 2.13. The SMILES string of the molecule is CCCCCNc1cnn(-c2ccccc2)c(=O)c1NC(C)=O. The number of amides is 1. The summed E-state index contributed by atoms with van der Waals surface area (Å²) in [7, 11) is 0. The van der Waals surface area contributed by atoms with Gasteiger partial charge in [0.1, 0.15) is 5.69 Å². The molecule has 0 spiro atoms. The Labute approximate surface area is 135 Å². The van der Waals surface area contributed by atoms with Crippen LogP contribution in [0.4, 0.5) is 11.4 Å². The number of carbonyl (C=O) groups is 1. The van der Waals surface area contributed by atoms with Crippen molar-refractivity contribution in [1.29, 1.82) is 0 Å². The van der Waals surface area contributed by atoms with E-state index < -0.39 is 0 Å². The van der Waals surface area contributed by atoms with E-state index in [-0.39, 0.29) is 17.2 Å². The fourth-order valence-electron chi connectivity index (χ4n) is 2.24.